The van der Waals surface area contributed by atoms with Gasteiger partial charge < -0.3 is 25.0 Å². The van der Waals surface area contributed by atoms with Gasteiger partial charge in [-0.15, -0.1) is 5.10 Å². The molecule has 31 heavy (non-hydrogen) atoms. The number of hydrogen-bond donors (Lipinski definition) is 3. The molecule has 12 heteroatoms. The van der Waals surface area contributed by atoms with Crippen LogP contribution < -0.4 is 10.1 Å². The van der Waals surface area contributed by atoms with Gasteiger partial charge in [0.2, 0.25) is 0 Å². The summed E-state index contributed by atoms with van der Waals surface area (Å²) in [5.41, 5.74) is 0.262. The van der Waals surface area contributed by atoms with Gasteiger partial charge in [-0.2, -0.15) is 0 Å². The summed E-state index contributed by atoms with van der Waals surface area (Å²) in [5, 5.41) is 33.0. The number of thioether (sulfide) groups is 1. The Morgan fingerprint density at radius 3 is 3.00 bits per heavy atom. The fourth-order valence-corrected chi connectivity index (χ4v) is 5.18. The second kappa shape index (κ2) is 9.65. The molecule has 2 aromatic rings. The van der Waals surface area contributed by atoms with E-state index in [1.807, 2.05) is 6.92 Å². The molecule has 6 unspecified atom stereocenters. The Morgan fingerprint density at radius 1 is 1.39 bits per heavy atom. The van der Waals surface area contributed by atoms with Crippen LogP contribution in [0.4, 0.5) is 0 Å². The van der Waals surface area contributed by atoms with Crippen LogP contribution in [0, 0.1) is 0 Å². The summed E-state index contributed by atoms with van der Waals surface area (Å²) in [5.74, 6) is 0.595. The molecule has 1 aromatic carbocycles. The summed E-state index contributed by atoms with van der Waals surface area (Å²) in [4.78, 5) is 5.01. The molecular weight excluding hydrogens is 442 g/mol. The minimum atomic E-state index is -1.08. The zero-order chi connectivity index (χ0) is 22.0. The summed E-state index contributed by atoms with van der Waals surface area (Å²) in [6.45, 7) is 2.98. The number of ether oxygens (including phenoxy) is 2. The highest BCUT2D eigenvalue weighted by Crippen LogP contribution is 2.34. The largest absolute Gasteiger partial charge is 0.487 e. The predicted octanol–water partition coefficient (Wildman–Crippen LogP) is 0.122. The third-order valence-corrected chi connectivity index (χ3v) is 7.02. The first kappa shape index (κ1) is 22.2. The molecule has 6 atom stereocenters. The number of amidine groups is 1. The van der Waals surface area contributed by atoms with Gasteiger partial charge in [0, 0.05) is 28.5 Å². The van der Waals surface area contributed by atoms with Crippen molar-refractivity contribution in [2.75, 3.05) is 12.8 Å². The Kier molecular flexibility index (Phi) is 6.92. The van der Waals surface area contributed by atoms with Crippen molar-refractivity contribution in [3.63, 3.8) is 0 Å². The average molecular weight is 468 g/mol. The van der Waals surface area contributed by atoms with E-state index in [0.717, 1.165) is 0 Å². The molecule has 3 N–H and O–H groups in total. The highest BCUT2D eigenvalue weighted by atomic mass is 32.2. The zero-order valence-corrected chi connectivity index (χ0v) is 18.8. The van der Waals surface area contributed by atoms with Crippen LogP contribution in [-0.4, -0.2) is 77.2 Å². The molecule has 1 aromatic heterocycles. The molecule has 0 bridgehead atoms. The zero-order valence-electron chi connectivity index (χ0n) is 17.1. The van der Waals surface area contributed by atoms with Crippen LogP contribution in [0.1, 0.15) is 12.6 Å². The molecule has 2 aliphatic heterocycles. The molecule has 168 valence electrons. The number of aliphatic imine (C=N–C) groups is 1. The maximum absolute atomic E-state index is 11.6. The molecule has 2 fully saturated rings. The summed E-state index contributed by atoms with van der Waals surface area (Å²) in [7, 11) is -1.08. The first-order chi connectivity index (χ1) is 14.9. The lowest BCUT2D eigenvalue weighted by molar-refractivity contribution is -0.160. The first-order valence-electron chi connectivity index (χ1n) is 9.89. The number of nitrogens with one attached hydrogen (secondary N) is 1. The van der Waals surface area contributed by atoms with E-state index in [1.54, 1.807) is 41.4 Å². The SMILES string of the molecule is CCN=C1NC2C(OC(Cn3cc(COc4cccc(S(C)=O)c4)nn3)C(O)C2O)S1. The number of benzene rings is 1. The van der Waals surface area contributed by atoms with Crippen molar-refractivity contribution < 1.29 is 23.9 Å². The molecule has 0 spiro atoms. The lowest BCUT2D eigenvalue weighted by Gasteiger charge is -2.38. The Labute approximate surface area is 186 Å². The molecule has 0 saturated carbocycles. The van der Waals surface area contributed by atoms with Gasteiger partial charge in [0.15, 0.2) is 5.17 Å². The summed E-state index contributed by atoms with van der Waals surface area (Å²) in [6.07, 6.45) is 0.627. The fraction of sp³-hybridized carbons (Fsp3) is 0.526. The second-order valence-electron chi connectivity index (χ2n) is 7.24. The van der Waals surface area contributed by atoms with Crippen molar-refractivity contribution in [2.45, 2.75) is 54.8 Å². The second-order valence-corrected chi connectivity index (χ2v) is 9.71. The van der Waals surface area contributed by atoms with Gasteiger partial charge >= 0.3 is 0 Å². The number of hydrogen-bond acceptors (Lipinski definition) is 9. The Hall–Kier alpha value is -1.99. The summed E-state index contributed by atoms with van der Waals surface area (Å²) in [6, 6.07) is 6.68. The van der Waals surface area contributed by atoms with Crippen molar-refractivity contribution >= 4 is 27.7 Å². The van der Waals surface area contributed by atoms with E-state index >= 15 is 0 Å². The standard InChI is InChI=1S/C19H25N5O5S2/c1-3-20-19-21-15-17(26)16(25)14(29-18(15)30-19)9-24-8-11(22-23-24)10-28-12-5-4-6-13(7-12)31(2)27/h4-8,14-18,25-26H,3,9-10H2,1-2H3,(H,20,21). The number of nitrogens with zero attached hydrogens (tertiary/aromatic N) is 4. The number of aliphatic hydroxyl groups is 2. The lowest BCUT2D eigenvalue weighted by Crippen LogP contribution is -2.59. The molecule has 0 aliphatic carbocycles. The van der Waals surface area contributed by atoms with Crippen LogP contribution >= 0.6 is 11.8 Å². The van der Waals surface area contributed by atoms with E-state index in [0.29, 0.717) is 28.1 Å². The highest BCUT2D eigenvalue weighted by molar-refractivity contribution is 8.14. The van der Waals surface area contributed by atoms with Gasteiger partial charge in [0.25, 0.3) is 0 Å². The molecule has 0 amide bonds. The van der Waals surface area contributed by atoms with Gasteiger partial charge in [-0.25, -0.2) is 4.68 Å². The monoisotopic (exact) mass is 467 g/mol. The van der Waals surface area contributed by atoms with Crippen molar-refractivity contribution in [3.05, 3.63) is 36.2 Å². The van der Waals surface area contributed by atoms with Crippen LogP contribution in [0.25, 0.3) is 0 Å². The van der Waals surface area contributed by atoms with E-state index in [2.05, 4.69) is 20.6 Å². The topological polar surface area (TPSA) is 131 Å². The van der Waals surface area contributed by atoms with Gasteiger partial charge in [-0.1, -0.05) is 23.0 Å². The first-order valence-corrected chi connectivity index (χ1v) is 12.3. The molecule has 10 nitrogen and oxygen atoms in total. The third-order valence-electron chi connectivity index (χ3n) is 5.00. The number of aliphatic hydroxyl groups excluding tert-OH is 2. The Balaban J connectivity index is 1.36. The average Bonchev–Trinajstić information content (AvgIpc) is 3.37. The Bertz CT molecular complexity index is 971. The molecule has 2 saturated heterocycles. The fourth-order valence-electron chi connectivity index (χ4n) is 3.43. The minimum Gasteiger partial charge on any atom is -0.487 e. The molecular formula is C19H25N5O5S2. The van der Waals surface area contributed by atoms with E-state index in [1.165, 1.54) is 11.8 Å². The quantitative estimate of drug-likeness (QED) is 0.520. The van der Waals surface area contributed by atoms with Crippen LogP contribution in [0.3, 0.4) is 0 Å². The van der Waals surface area contributed by atoms with Crippen molar-refractivity contribution in [1.82, 2.24) is 20.3 Å². The van der Waals surface area contributed by atoms with Gasteiger partial charge in [-0.3, -0.25) is 9.20 Å². The predicted molar refractivity (Wildman–Crippen MR) is 116 cm³/mol. The summed E-state index contributed by atoms with van der Waals surface area (Å²) >= 11 is 1.41. The molecule has 2 aliphatic rings. The smallest absolute Gasteiger partial charge is 0.159 e. The van der Waals surface area contributed by atoms with Crippen LogP contribution in [0.15, 0.2) is 40.4 Å². The summed E-state index contributed by atoms with van der Waals surface area (Å²) < 4.78 is 24.9. The molecule has 3 heterocycles. The maximum Gasteiger partial charge on any atom is 0.159 e. The van der Waals surface area contributed by atoms with E-state index in [4.69, 9.17) is 9.47 Å². The van der Waals surface area contributed by atoms with Crippen molar-refractivity contribution in [1.29, 1.82) is 0 Å². The third kappa shape index (κ3) is 5.09. The maximum atomic E-state index is 11.6. The van der Waals surface area contributed by atoms with Crippen molar-refractivity contribution in [2.24, 2.45) is 4.99 Å². The van der Waals surface area contributed by atoms with E-state index in [-0.39, 0.29) is 18.6 Å². The van der Waals surface area contributed by atoms with Gasteiger partial charge in [0.1, 0.15) is 41.8 Å². The van der Waals surface area contributed by atoms with Crippen LogP contribution in [0.2, 0.25) is 0 Å². The van der Waals surface area contributed by atoms with E-state index < -0.39 is 35.2 Å². The van der Waals surface area contributed by atoms with Gasteiger partial charge in [-0.05, 0) is 25.1 Å². The molecule has 0 radical (unpaired) electrons. The number of aromatic nitrogens is 3. The van der Waals surface area contributed by atoms with E-state index in [9.17, 15) is 14.4 Å². The Morgan fingerprint density at radius 2 is 2.23 bits per heavy atom. The molecule has 4 rings (SSSR count). The number of rotatable bonds is 7. The van der Waals surface area contributed by atoms with Crippen LogP contribution in [-0.2, 0) is 28.7 Å². The van der Waals surface area contributed by atoms with Crippen LogP contribution in [0.5, 0.6) is 5.75 Å². The lowest BCUT2D eigenvalue weighted by atomic mass is 9.98. The number of fused-ring (bicyclic) bond motifs is 1. The highest BCUT2D eigenvalue weighted by Gasteiger charge is 2.49. The van der Waals surface area contributed by atoms with Crippen molar-refractivity contribution in [3.8, 4) is 5.75 Å². The minimum absolute atomic E-state index is 0.192. The van der Waals surface area contributed by atoms with Gasteiger partial charge in [0.05, 0.1) is 18.8 Å². The normalized spacial score (nSPS) is 30.1.